The lowest BCUT2D eigenvalue weighted by Gasteiger charge is -2.09. The molecule has 0 radical (unpaired) electrons. The Kier molecular flexibility index (Phi) is 4.26. The summed E-state index contributed by atoms with van der Waals surface area (Å²) in [5.74, 6) is 0.679. The molecular formula is C15H15N3OS. The van der Waals surface area contributed by atoms with Crippen molar-refractivity contribution < 1.29 is 0 Å². The van der Waals surface area contributed by atoms with Gasteiger partial charge in [-0.1, -0.05) is 23.9 Å². The number of benzene rings is 1. The van der Waals surface area contributed by atoms with Gasteiger partial charge in [0.15, 0.2) is 5.16 Å². The number of aryl methyl sites for hydroxylation is 1. The van der Waals surface area contributed by atoms with Crippen LogP contribution in [0.15, 0.2) is 34.2 Å². The molecule has 4 nitrogen and oxygen atoms in total. The van der Waals surface area contributed by atoms with Crippen molar-refractivity contribution in [1.29, 1.82) is 5.26 Å². The van der Waals surface area contributed by atoms with E-state index in [1.165, 1.54) is 11.8 Å². The molecule has 0 unspecified atom stereocenters. The van der Waals surface area contributed by atoms with E-state index < -0.39 is 0 Å². The fraction of sp³-hybridized carbons (Fsp3) is 0.267. The Morgan fingerprint density at radius 1 is 1.40 bits per heavy atom. The van der Waals surface area contributed by atoms with E-state index in [4.69, 9.17) is 5.26 Å². The summed E-state index contributed by atoms with van der Waals surface area (Å²) >= 11 is 1.50. The summed E-state index contributed by atoms with van der Waals surface area (Å²) in [6, 6.07) is 9.58. The largest absolute Gasteiger partial charge is 0.291 e. The molecule has 0 N–H and O–H groups in total. The monoisotopic (exact) mass is 285 g/mol. The molecule has 0 atom stereocenters. The number of rotatable bonds is 3. The Bertz CT molecular complexity index is 744. The number of thioether (sulfide) groups is 1. The van der Waals surface area contributed by atoms with Gasteiger partial charge in [0.25, 0.3) is 5.56 Å². The van der Waals surface area contributed by atoms with Gasteiger partial charge < -0.3 is 0 Å². The van der Waals surface area contributed by atoms with Crippen LogP contribution in [0.3, 0.4) is 0 Å². The van der Waals surface area contributed by atoms with Crippen LogP contribution < -0.4 is 5.56 Å². The third-order valence-corrected chi connectivity index (χ3v) is 4.24. The Balaban J connectivity index is 2.23. The average molecular weight is 285 g/mol. The fourth-order valence-electron chi connectivity index (χ4n) is 1.80. The van der Waals surface area contributed by atoms with Crippen LogP contribution in [0, 0.1) is 25.2 Å². The van der Waals surface area contributed by atoms with E-state index in [-0.39, 0.29) is 5.56 Å². The van der Waals surface area contributed by atoms with Gasteiger partial charge in [0.1, 0.15) is 0 Å². The van der Waals surface area contributed by atoms with Gasteiger partial charge in [-0.05, 0) is 31.5 Å². The second kappa shape index (κ2) is 5.93. The van der Waals surface area contributed by atoms with E-state index in [9.17, 15) is 4.79 Å². The van der Waals surface area contributed by atoms with E-state index in [0.29, 0.717) is 22.0 Å². The summed E-state index contributed by atoms with van der Waals surface area (Å²) in [4.78, 5) is 16.4. The normalized spacial score (nSPS) is 10.3. The molecule has 0 saturated heterocycles. The van der Waals surface area contributed by atoms with Crippen LogP contribution in [0.5, 0.6) is 0 Å². The predicted octanol–water partition coefficient (Wildman–Crippen LogP) is 2.56. The van der Waals surface area contributed by atoms with Crippen LogP contribution in [0.25, 0.3) is 0 Å². The molecule has 0 bridgehead atoms. The van der Waals surface area contributed by atoms with Crippen molar-refractivity contribution in [2.24, 2.45) is 7.05 Å². The summed E-state index contributed by atoms with van der Waals surface area (Å²) in [5.41, 5.74) is 3.13. The van der Waals surface area contributed by atoms with Crippen LogP contribution in [0.1, 0.15) is 22.4 Å². The molecule has 20 heavy (non-hydrogen) atoms. The van der Waals surface area contributed by atoms with E-state index in [1.807, 2.05) is 25.1 Å². The summed E-state index contributed by atoms with van der Waals surface area (Å²) in [5, 5.41) is 9.58. The van der Waals surface area contributed by atoms with Gasteiger partial charge in [-0.3, -0.25) is 9.36 Å². The van der Waals surface area contributed by atoms with Crippen LogP contribution in [-0.2, 0) is 12.8 Å². The Morgan fingerprint density at radius 2 is 2.15 bits per heavy atom. The lowest BCUT2D eigenvalue weighted by molar-refractivity contribution is 0.689. The van der Waals surface area contributed by atoms with Crippen molar-refractivity contribution in [2.45, 2.75) is 24.8 Å². The zero-order valence-corrected chi connectivity index (χ0v) is 12.5. The van der Waals surface area contributed by atoms with Crippen LogP contribution in [0.2, 0.25) is 0 Å². The molecule has 0 amide bonds. The maximum atomic E-state index is 12.0. The topological polar surface area (TPSA) is 58.7 Å². The highest BCUT2D eigenvalue weighted by Crippen LogP contribution is 2.20. The second-order valence-electron chi connectivity index (χ2n) is 4.57. The highest BCUT2D eigenvalue weighted by molar-refractivity contribution is 7.98. The number of nitriles is 1. The quantitative estimate of drug-likeness (QED) is 0.642. The first-order valence-electron chi connectivity index (χ1n) is 6.19. The Morgan fingerprint density at radius 3 is 2.85 bits per heavy atom. The average Bonchev–Trinajstić information content (AvgIpc) is 2.47. The summed E-state index contributed by atoms with van der Waals surface area (Å²) in [6.45, 7) is 3.63. The van der Waals surface area contributed by atoms with Gasteiger partial charge in [0.2, 0.25) is 0 Å². The molecule has 2 rings (SSSR count). The van der Waals surface area contributed by atoms with Crippen LogP contribution in [0.4, 0.5) is 0 Å². The van der Waals surface area contributed by atoms with Gasteiger partial charge >= 0.3 is 0 Å². The SMILES string of the molecule is Cc1nc(SCc2cccc(C#N)c2)n(C)c(=O)c1C. The van der Waals surface area contributed by atoms with Gasteiger partial charge in [0, 0.05) is 24.1 Å². The predicted molar refractivity (Wildman–Crippen MR) is 79.7 cm³/mol. The molecule has 1 aromatic heterocycles. The maximum absolute atomic E-state index is 12.0. The van der Waals surface area contributed by atoms with Crippen LogP contribution >= 0.6 is 11.8 Å². The van der Waals surface area contributed by atoms with Crippen molar-refractivity contribution in [3.63, 3.8) is 0 Å². The van der Waals surface area contributed by atoms with Crippen molar-refractivity contribution in [2.75, 3.05) is 0 Å². The zero-order valence-electron chi connectivity index (χ0n) is 11.7. The molecule has 2 aromatic rings. The molecule has 102 valence electrons. The van der Waals surface area contributed by atoms with Crippen molar-refractivity contribution in [3.05, 3.63) is 57.0 Å². The molecule has 5 heteroatoms. The summed E-state index contributed by atoms with van der Waals surface area (Å²) in [7, 11) is 1.73. The molecule has 0 aliphatic carbocycles. The zero-order chi connectivity index (χ0) is 14.7. The minimum Gasteiger partial charge on any atom is -0.291 e. The Hall–Kier alpha value is -2.06. The molecule has 1 heterocycles. The number of hydrogen-bond donors (Lipinski definition) is 0. The van der Waals surface area contributed by atoms with Crippen molar-refractivity contribution >= 4 is 11.8 Å². The standard InChI is InChI=1S/C15H15N3OS/c1-10-11(2)17-15(18(3)14(10)19)20-9-13-6-4-5-12(7-13)8-16/h4-7H,9H2,1-3H3. The lowest BCUT2D eigenvalue weighted by Crippen LogP contribution is -2.23. The van der Waals surface area contributed by atoms with Gasteiger partial charge in [0.05, 0.1) is 11.6 Å². The smallest absolute Gasteiger partial charge is 0.257 e. The molecule has 1 aromatic carbocycles. The molecule has 0 aliphatic heterocycles. The van der Waals surface area contributed by atoms with E-state index in [2.05, 4.69) is 11.1 Å². The van der Waals surface area contributed by atoms with E-state index >= 15 is 0 Å². The van der Waals surface area contributed by atoms with Crippen molar-refractivity contribution in [3.8, 4) is 6.07 Å². The van der Waals surface area contributed by atoms with Crippen molar-refractivity contribution in [1.82, 2.24) is 9.55 Å². The van der Waals surface area contributed by atoms with Gasteiger partial charge in [-0.25, -0.2) is 4.98 Å². The number of hydrogen-bond acceptors (Lipinski definition) is 4. The third kappa shape index (κ3) is 2.91. The molecule has 0 fully saturated rings. The second-order valence-corrected chi connectivity index (χ2v) is 5.51. The first-order valence-corrected chi connectivity index (χ1v) is 7.17. The number of nitrogens with zero attached hydrogens (tertiary/aromatic N) is 3. The molecular weight excluding hydrogens is 270 g/mol. The van der Waals surface area contributed by atoms with Crippen LogP contribution in [-0.4, -0.2) is 9.55 Å². The molecule has 0 saturated carbocycles. The maximum Gasteiger partial charge on any atom is 0.257 e. The molecule has 0 spiro atoms. The minimum absolute atomic E-state index is 0.00854. The fourth-order valence-corrected chi connectivity index (χ4v) is 2.76. The van der Waals surface area contributed by atoms with Gasteiger partial charge in [-0.2, -0.15) is 5.26 Å². The minimum atomic E-state index is -0.00854. The first kappa shape index (κ1) is 14.4. The Labute approximate surface area is 122 Å². The lowest BCUT2D eigenvalue weighted by atomic mass is 10.2. The van der Waals surface area contributed by atoms with E-state index in [1.54, 1.807) is 24.6 Å². The number of aromatic nitrogens is 2. The molecule has 0 aliphatic rings. The highest BCUT2D eigenvalue weighted by atomic mass is 32.2. The van der Waals surface area contributed by atoms with E-state index in [0.717, 1.165) is 11.3 Å². The third-order valence-electron chi connectivity index (χ3n) is 3.14. The van der Waals surface area contributed by atoms with Gasteiger partial charge in [-0.15, -0.1) is 0 Å². The summed E-state index contributed by atoms with van der Waals surface area (Å²) in [6.07, 6.45) is 0. The highest BCUT2D eigenvalue weighted by Gasteiger charge is 2.09. The first-order chi connectivity index (χ1) is 9.52. The summed E-state index contributed by atoms with van der Waals surface area (Å²) < 4.78 is 1.57.